The van der Waals surface area contributed by atoms with E-state index in [0.717, 1.165) is 25.3 Å². The summed E-state index contributed by atoms with van der Waals surface area (Å²) in [7, 11) is 0. The number of hydrogen-bond donors (Lipinski definition) is 1. The predicted molar refractivity (Wildman–Crippen MR) is 80.9 cm³/mol. The molecule has 1 aromatic carbocycles. The van der Waals surface area contributed by atoms with Crippen molar-refractivity contribution in [1.29, 1.82) is 0 Å². The number of ether oxygens (including phenoxy) is 1. The molecule has 108 valence electrons. The lowest BCUT2D eigenvalue weighted by Crippen LogP contribution is -2.20. The largest absolute Gasteiger partial charge is 0.491 e. The Morgan fingerprint density at radius 1 is 1.35 bits per heavy atom. The maximum Gasteiger partial charge on any atom is 0.124 e. The zero-order chi connectivity index (χ0) is 14.2. The van der Waals surface area contributed by atoms with E-state index in [4.69, 9.17) is 4.74 Å². The van der Waals surface area contributed by atoms with Crippen molar-refractivity contribution in [2.45, 2.75) is 32.9 Å². The Labute approximate surface area is 120 Å². The molecule has 0 radical (unpaired) electrons. The second-order valence-electron chi connectivity index (χ2n) is 4.86. The van der Waals surface area contributed by atoms with Crippen LogP contribution in [0.15, 0.2) is 43.0 Å². The van der Waals surface area contributed by atoms with Gasteiger partial charge in [0.05, 0.1) is 12.9 Å². The van der Waals surface area contributed by atoms with Crippen molar-refractivity contribution in [3.63, 3.8) is 0 Å². The lowest BCUT2D eigenvalue weighted by atomic mass is 10.1. The van der Waals surface area contributed by atoms with Gasteiger partial charge in [-0.2, -0.15) is 0 Å². The number of nitrogens with zero attached hydrogens (tertiary/aromatic N) is 2. The molecule has 0 saturated heterocycles. The fourth-order valence-electron chi connectivity index (χ4n) is 2.12. The van der Waals surface area contributed by atoms with Gasteiger partial charge in [-0.15, -0.1) is 0 Å². The molecule has 0 saturated carbocycles. The molecule has 20 heavy (non-hydrogen) atoms. The van der Waals surface area contributed by atoms with E-state index in [1.807, 2.05) is 22.9 Å². The van der Waals surface area contributed by atoms with Crippen LogP contribution in [0.2, 0.25) is 0 Å². The van der Waals surface area contributed by atoms with Crippen LogP contribution in [0.25, 0.3) is 0 Å². The van der Waals surface area contributed by atoms with E-state index in [0.29, 0.717) is 12.6 Å². The minimum atomic E-state index is 0.305. The fourth-order valence-corrected chi connectivity index (χ4v) is 2.12. The van der Waals surface area contributed by atoms with Gasteiger partial charge in [0, 0.05) is 24.0 Å². The third-order valence-electron chi connectivity index (χ3n) is 3.25. The van der Waals surface area contributed by atoms with E-state index in [9.17, 15) is 0 Å². The molecule has 0 bridgehead atoms. The Balaban J connectivity index is 1.93. The van der Waals surface area contributed by atoms with Gasteiger partial charge in [0.15, 0.2) is 0 Å². The van der Waals surface area contributed by atoms with Gasteiger partial charge in [-0.1, -0.05) is 25.1 Å². The summed E-state index contributed by atoms with van der Waals surface area (Å²) in [5.74, 6) is 0.962. The first kappa shape index (κ1) is 14.6. The molecule has 0 aliphatic carbocycles. The molecular formula is C16H23N3O. The molecule has 0 aliphatic heterocycles. The standard InChI is InChI=1S/C16H23N3O/c1-3-8-18-14(2)15-6-4-5-7-16(15)20-12-11-19-10-9-17-13-19/h4-7,9-10,13-14,18H,3,8,11-12H2,1-2H3. The summed E-state index contributed by atoms with van der Waals surface area (Å²) < 4.78 is 7.94. The third kappa shape index (κ3) is 4.10. The van der Waals surface area contributed by atoms with Gasteiger partial charge >= 0.3 is 0 Å². The normalized spacial score (nSPS) is 12.3. The van der Waals surface area contributed by atoms with Crippen LogP contribution >= 0.6 is 0 Å². The van der Waals surface area contributed by atoms with Crippen molar-refractivity contribution >= 4 is 0 Å². The Morgan fingerprint density at radius 2 is 2.20 bits per heavy atom. The van der Waals surface area contributed by atoms with Gasteiger partial charge in [-0.05, 0) is 26.0 Å². The zero-order valence-electron chi connectivity index (χ0n) is 12.2. The molecule has 1 heterocycles. The Kier molecular flexibility index (Phi) is 5.62. The van der Waals surface area contributed by atoms with E-state index in [-0.39, 0.29) is 0 Å². The van der Waals surface area contributed by atoms with E-state index < -0.39 is 0 Å². The van der Waals surface area contributed by atoms with Crippen molar-refractivity contribution in [3.05, 3.63) is 48.5 Å². The highest BCUT2D eigenvalue weighted by Gasteiger charge is 2.10. The van der Waals surface area contributed by atoms with E-state index in [1.165, 1.54) is 5.56 Å². The van der Waals surface area contributed by atoms with Crippen LogP contribution < -0.4 is 10.1 Å². The van der Waals surface area contributed by atoms with E-state index in [2.05, 4.69) is 36.3 Å². The summed E-state index contributed by atoms with van der Waals surface area (Å²) in [5.41, 5.74) is 1.21. The first-order valence-corrected chi connectivity index (χ1v) is 7.22. The van der Waals surface area contributed by atoms with Crippen molar-refractivity contribution < 1.29 is 4.74 Å². The molecule has 0 fully saturated rings. The summed E-state index contributed by atoms with van der Waals surface area (Å²) >= 11 is 0. The number of imidazole rings is 1. The second kappa shape index (κ2) is 7.70. The topological polar surface area (TPSA) is 39.1 Å². The maximum absolute atomic E-state index is 5.92. The van der Waals surface area contributed by atoms with Gasteiger partial charge in [-0.3, -0.25) is 0 Å². The summed E-state index contributed by atoms with van der Waals surface area (Å²) in [6.07, 6.45) is 6.67. The molecule has 1 aromatic heterocycles. The minimum absolute atomic E-state index is 0.305. The number of nitrogens with one attached hydrogen (secondary N) is 1. The van der Waals surface area contributed by atoms with Crippen LogP contribution in [0, 0.1) is 0 Å². The average molecular weight is 273 g/mol. The zero-order valence-corrected chi connectivity index (χ0v) is 12.2. The number of hydrogen-bond acceptors (Lipinski definition) is 3. The van der Waals surface area contributed by atoms with Gasteiger partial charge < -0.3 is 14.6 Å². The average Bonchev–Trinajstić information content (AvgIpc) is 2.98. The van der Waals surface area contributed by atoms with Crippen LogP contribution in [0.5, 0.6) is 5.75 Å². The molecule has 1 N–H and O–H groups in total. The molecule has 0 amide bonds. The second-order valence-corrected chi connectivity index (χ2v) is 4.86. The maximum atomic E-state index is 5.92. The summed E-state index contributed by atoms with van der Waals surface area (Å²) in [5, 5.41) is 3.50. The van der Waals surface area contributed by atoms with Crippen LogP contribution in [-0.4, -0.2) is 22.7 Å². The van der Waals surface area contributed by atoms with Crippen molar-refractivity contribution in [1.82, 2.24) is 14.9 Å². The molecule has 1 unspecified atom stereocenters. The molecule has 2 rings (SSSR count). The summed E-state index contributed by atoms with van der Waals surface area (Å²) in [6.45, 7) is 6.82. The van der Waals surface area contributed by atoms with E-state index in [1.54, 1.807) is 12.5 Å². The molecule has 4 nitrogen and oxygen atoms in total. The summed E-state index contributed by atoms with van der Waals surface area (Å²) in [6, 6.07) is 8.54. The smallest absolute Gasteiger partial charge is 0.124 e. The highest BCUT2D eigenvalue weighted by Crippen LogP contribution is 2.24. The molecule has 2 aromatic rings. The minimum Gasteiger partial charge on any atom is -0.491 e. The van der Waals surface area contributed by atoms with Gasteiger partial charge in [0.25, 0.3) is 0 Å². The lowest BCUT2D eigenvalue weighted by Gasteiger charge is -2.18. The third-order valence-corrected chi connectivity index (χ3v) is 3.25. The Morgan fingerprint density at radius 3 is 2.95 bits per heavy atom. The van der Waals surface area contributed by atoms with Crippen molar-refractivity contribution in [2.75, 3.05) is 13.2 Å². The highest BCUT2D eigenvalue weighted by molar-refractivity contribution is 5.35. The first-order chi connectivity index (χ1) is 9.81. The van der Waals surface area contributed by atoms with Crippen molar-refractivity contribution in [2.24, 2.45) is 0 Å². The first-order valence-electron chi connectivity index (χ1n) is 7.22. The van der Waals surface area contributed by atoms with Gasteiger partial charge in [0.1, 0.15) is 12.4 Å². The quantitative estimate of drug-likeness (QED) is 0.803. The molecule has 4 heteroatoms. The predicted octanol–water partition coefficient (Wildman–Crippen LogP) is 3.02. The van der Waals surface area contributed by atoms with Gasteiger partial charge in [-0.25, -0.2) is 4.98 Å². The lowest BCUT2D eigenvalue weighted by molar-refractivity contribution is 0.292. The number of benzene rings is 1. The summed E-state index contributed by atoms with van der Waals surface area (Å²) in [4.78, 5) is 4.02. The number of para-hydroxylation sites is 1. The number of rotatable bonds is 8. The fraction of sp³-hybridized carbons (Fsp3) is 0.438. The van der Waals surface area contributed by atoms with E-state index >= 15 is 0 Å². The van der Waals surface area contributed by atoms with Crippen LogP contribution in [0.1, 0.15) is 31.9 Å². The van der Waals surface area contributed by atoms with Crippen LogP contribution in [-0.2, 0) is 6.54 Å². The SMILES string of the molecule is CCCNC(C)c1ccccc1OCCn1ccnc1. The van der Waals surface area contributed by atoms with Gasteiger partial charge in [0.2, 0.25) is 0 Å². The molecule has 1 atom stereocenters. The number of aromatic nitrogens is 2. The molecular weight excluding hydrogens is 250 g/mol. The highest BCUT2D eigenvalue weighted by atomic mass is 16.5. The molecule has 0 aliphatic rings. The molecule has 0 spiro atoms. The van der Waals surface area contributed by atoms with Crippen LogP contribution in [0.4, 0.5) is 0 Å². The van der Waals surface area contributed by atoms with Crippen molar-refractivity contribution in [3.8, 4) is 5.75 Å². The van der Waals surface area contributed by atoms with Crippen LogP contribution in [0.3, 0.4) is 0 Å². The Hall–Kier alpha value is -1.81. The monoisotopic (exact) mass is 273 g/mol. The Bertz CT molecular complexity index is 496.